The molecule has 2 aromatic carbocycles. The Bertz CT molecular complexity index is 1010. The second kappa shape index (κ2) is 8.58. The molecule has 0 saturated carbocycles. The van der Waals surface area contributed by atoms with E-state index in [1.807, 2.05) is 11.8 Å². The summed E-state index contributed by atoms with van der Waals surface area (Å²) in [6.07, 6.45) is 7.71. The Morgan fingerprint density at radius 2 is 1.80 bits per heavy atom. The highest BCUT2D eigenvalue weighted by Gasteiger charge is 2.31. The van der Waals surface area contributed by atoms with Crippen molar-refractivity contribution in [2.24, 2.45) is 0 Å². The lowest BCUT2D eigenvalue weighted by atomic mass is 9.99. The average molecular weight is 420 g/mol. The fraction of sp³-hybridized carbons (Fsp3) is 0.400. The summed E-state index contributed by atoms with van der Waals surface area (Å²) < 4.78 is 9.17. The van der Waals surface area contributed by atoms with Crippen molar-refractivity contribution < 1.29 is 4.74 Å². The monoisotopic (exact) mass is 419 g/mol. The van der Waals surface area contributed by atoms with Crippen LogP contribution < -0.4 is 0 Å². The SMILES string of the molecule is CSc1cccc2c1CCn1cc(-c3ccccc3)nc1C2OC1CCN(C)CC1. The molecule has 4 nitrogen and oxygen atoms in total. The third kappa shape index (κ3) is 3.82. The molecular weight excluding hydrogens is 390 g/mol. The van der Waals surface area contributed by atoms with Gasteiger partial charge in [-0.25, -0.2) is 4.98 Å². The molecule has 2 aliphatic rings. The van der Waals surface area contributed by atoms with Crippen LogP contribution in [0.25, 0.3) is 11.3 Å². The number of aromatic nitrogens is 2. The second-order valence-electron chi connectivity index (χ2n) is 8.34. The van der Waals surface area contributed by atoms with Gasteiger partial charge in [-0.3, -0.25) is 0 Å². The molecule has 5 heteroatoms. The molecule has 0 radical (unpaired) electrons. The van der Waals surface area contributed by atoms with E-state index in [0.717, 1.165) is 56.0 Å². The predicted molar refractivity (Wildman–Crippen MR) is 123 cm³/mol. The third-order valence-electron chi connectivity index (χ3n) is 6.38. The van der Waals surface area contributed by atoms with Crippen LogP contribution in [-0.2, 0) is 17.7 Å². The Morgan fingerprint density at radius 1 is 1.00 bits per heavy atom. The van der Waals surface area contributed by atoms with Crippen molar-refractivity contribution >= 4 is 11.8 Å². The molecule has 0 aliphatic carbocycles. The lowest BCUT2D eigenvalue weighted by Gasteiger charge is -2.32. The highest BCUT2D eigenvalue weighted by atomic mass is 32.2. The van der Waals surface area contributed by atoms with E-state index < -0.39 is 0 Å². The van der Waals surface area contributed by atoms with Gasteiger partial charge < -0.3 is 14.2 Å². The molecule has 1 atom stereocenters. The van der Waals surface area contributed by atoms with Crippen LogP contribution in [0.5, 0.6) is 0 Å². The van der Waals surface area contributed by atoms with Crippen molar-refractivity contribution in [3.05, 3.63) is 71.7 Å². The number of benzene rings is 2. The lowest BCUT2D eigenvalue weighted by Crippen LogP contribution is -2.35. The average Bonchev–Trinajstić information content (AvgIpc) is 3.16. The summed E-state index contributed by atoms with van der Waals surface area (Å²) in [5, 5.41) is 0. The van der Waals surface area contributed by atoms with Gasteiger partial charge in [0.1, 0.15) is 11.9 Å². The van der Waals surface area contributed by atoms with Crippen molar-refractivity contribution in [3.8, 4) is 11.3 Å². The Kier molecular flexibility index (Phi) is 5.68. The molecule has 1 aromatic heterocycles. The Labute approximate surface area is 183 Å². The first-order valence-corrected chi connectivity index (χ1v) is 12.1. The smallest absolute Gasteiger partial charge is 0.143 e. The Morgan fingerprint density at radius 3 is 2.57 bits per heavy atom. The zero-order chi connectivity index (χ0) is 20.5. The van der Waals surface area contributed by atoms with E-state index in [-0.39, 0.29) is 12.2 Å². The van der Waals surface area contributed by atoms with Crippen LogP contribution in [0.4, 0.5) is 0 Å². The summed E-state index contributed by atoms with van der Waals surface area (Å²) in [6.45, 7) is 3.13. The molecule has 5 rings (SSSR count). The summed E-state index contributed by atoms with van der Waals surface area (Å²) in [5.74, 6) is 1.05. The fourth-order valence-corrected chi connectivity index (χ4v) is 5.35. The van der Waals surface area contributed by atoms with E-state index in [0.29, 0.717) is 0 Å². The number of thioether (sulfide) groups is 1. The van der Waals surface area contributed by atoms with E-state index >= 15 is 0 Å². The van der Waals surface area contributed by atoms with Gasteiger partial charge in [-0.2, -0.15) is 0 Å². The van der Waals surface area contributed by atoms with Crippen LogP contribution >= 0.6 is 11.8 Å². The number of hydrogen-bond donors (Lipinski definition) is 0. The van der Waals surface area contributed by atoms with E-state index in [2.05, 4.69) is 77.5 Å². The number of fused-ring (bicyclic) bond motifs is 2. The number of imidazole rings is 1. The van der Waals surface area contributed by atoms with Gasteiger partial charge in [0, 0.05) is 36.3 Å². The van der Waals surface area contributed by atoms with Crippen molar-refractivity contribution in [1.29, 1.82) is 0 Å². The van der Waals surface area contributed by atoms with E-state index in [1.54, 1.807) is 0 Å². The number of hydrogen-bond acceptors (Lipinski definition) is 4. The minimum Gasteiger partial charge on any atom is -0.362 e. The quantitative estimate of drug-likeness (QED) is 0.555. The van der Waals surface area contributed by atoms with E-state index in [1.165, 1.54) is 16.0 Å². The maximum atomic E-state index is 6.84. The van der Waals surface area contributed by atoms with Crippen molar-refractivity contribution in [1.82, 2.24) is 14.5 Å². The molecule has 0 N–H and O–H groups in total. The zero-order valence-corrected chi connectivity index (χ0v) is 18.6. The van der Waals surface area contributed by atoms with Crippen LogP contribution in [0.1, 0.15) is 35.9 Å². The fourth-order valence-electron chi connectivity index (χ4n) is 4.67. The first-order valence-electron chi connectivity index (χ1n) is 10.8. The van der Waals surface area contributed by atoms with Gasteiger partial charge in [0.25, 0.3) is 0 Å². The van der Waals surface area contributed by atoms with E-state index in [9.17, 15) is 0 Å². The van der Waals surface area contributed by atoms with Gasteiger partial charge in [-0.1, -0.05) is 42.5 Å². The minimum absolute atomic E-state index is 0.111. The number of piperidine rings is 1. The first kappa shape index (κ1) is 19.9. The van der Waals surface area contributed by atoms with Gasteiger partial charge in [-0.15, -0.1) is 11.8 Å². The number of nitrogens with zero attached hydrogens (tertiary/aromatic N) is 3. The summed E-state index contributed by atoms with van der Waals surface area (Å²) in [4.78, 5) is 8.87. The van der Waals surface area contributed by atoms with Gasteiger partial charge in [-0.05, 0) is 49.8 Å². The Balaban J connectivity index is 1.56. The van der Waals surface area contributed by atoms with E-state index in [4.69, 9.17) is 9.72 Å². The lowest BCUT2D eigenvalue weighted by molar-refractivity contribution is -0.0276. The van der Waals surface area contributed by atoms with Crippen LogP contribution in [0, 0.1) is 0 Å². The molecule has 1 unspecified atom stereocenters. The number of ether oxygens (including phenoxy) is 1. The molecule has 30 heavy (non-hydrogen) atoms. The summed E-state index contributed by atoms with van der Waals surface area (Å²) in [7, 11) is 2.20. The van der Waals surface area contributed by atoms with Gasteiger partial charge in [0.2, 0.25) is 0 Å². The standard InChI is InChI=1S/C25H29N3OS/c1-27-14-11-19(12-15-27)29-24-21-9-6-10-23(30-2)20(21)13-16-28-17-22(26-25(24)28)18-7-4-3-5-8-18/h3-10,17,19,24H,11-16H2,1-2H3. The largest absolute Gasteiger partial charge is 0.362 e. The van der Waals surface area contributed by atoms with Crippen LogP contribution in [-0.4, -0.2) is 46.9 Å². The molecule has 2 aliphatic heterocycles. The number of likely N-dealkylation sites (tertiary alicyclic amines) is 1. The zero-order valence-electron chi connectivity index (χ0n) is 17.8. The maximum Gasteiger partial charge on any atom is 0.143 e. The third-order valence-corrected chi connectivity index (χ3v) is 7.20. The predicted octanol–water partition coefficient (Wildman–Crippen LogP) is 5.03. The molecule has 1 saturated heterocycles. The minimum atomic E-state index is -0.111. The highest BCUT2D eigenvalue weighted by Crippen LogP contribution is 2.38. The van der Waals surface area contributed by atoms with Gasteiger partial charge in [0.15, 0.2) is 0 Å². The molecule has 0 amide bonds. The Hall–Kier alpha value is -2.08. The number of aryl methyl sites for hydroxylation is 1. The highest BCUT2D eigenvalue weighted by molar-refractivity contribution is 7.98. The normalized spacial score (nSPS) is 19.9. The second-order valence-corrected chi connectivity index (χ2v) is 9.19. The first-order chi connectivity index (χ1) is 14.7. The van der Waals surface area contributed by atoms with Crippen LogP contribution in [0.2, 0.25) is 0 Å². The van der Waals surface area contributed by atoms with Crippen molar-refractivity contribution in [2.75, 3.05) is 26.4 Å². The molecular formula is C25H29N3OS. The summed E-state index contributed by atoms with van der Waals surface area (Å²) in [5.41, 5.74) is 4.92. The molecule has 156 valence electrons. The maximum absolute atomic E-state index is 6.84. The van der Waals surface area contributed by atoms with Crippen molar-refractivity contribution in [3.63, 3.8) is 0 Å². The molecule has 3 heterocycles. The topological polar surface area (TPSA) is 30.3 Å². The van der Waals surface area contributed by atoms with Crippen LogP contribution in [0.15, 0.2) is 59.6 Å². The molecule has 0 bridgehead atoms. The molecule has 1 fully saturated rings. The van der Waals surface area contributed by atoms with Crippen LogP contribution in [0.3, 0.4) is 0 Å². The van der Waals surface area contributed by atoms with Crippen molar-refractivity contribution in [2.45, 2.75) is 42.9 Å². The molecule has 0 spiro atoms. The summed E-state index contributed by atoms with van der Waals surface area (Å²) >= 11 is 1.83. The van der Waals surface area contributed by atoms with Gasteiger partial charge >= 0.3 is 0 Å². The summed E-state index contributed by atoms with van der Waals surface area (Å²) in [6, 6.07) is 17.1. The molecule has 3 aromatic rings. The number of rotatable bonds is 4. The van der Waals surface area contributed by atoms with Gasteiger partial charge in [0.05, 0.1) is 11.8 Å².